The van der Waals surface area contributed by atoms with Gasteiger partial charge in [0, 0.05) is 4.90 Å². The van der Waals surface area contributed by atoms with Crippen LogP contribution in [0.15, 0.2) is 65.6 Å². The van der Waals surface area contributed by atoms with Gasteiger partial charge in [-0.05, 0) is 38.5 Å². The molecular formula is C19H23NO3S. The molecular weight excluding hydrogens is 322 g/mol. The van der Waals surface area contributed by atoms with E-state index in [4.69, 9.17) is 4.74 Å². The highest BCUT2D eigenvalue weighted by atomic mass is 32.2. The van der Waals surface area contributed by atoms with E-state index in [1.165, 1.54) is 0 Å². The molecule has 0 aliphatic carbocycles. The van der Waals surface area contributed by atoms with Crippen molar-refractivity contribution in [3.05, 3.63) is 66.2 Å². The zero-order valence-corrected chi connectivity index (χ0v) is 15.0. The summed E-state index contributed by atoms with van der Waals surface area (Å²) in [6, 6.07) is 18.4. The maximum atomic E-state index is 12.6. The van der Waals surface area contributed by atoms with Gasteiger partial charge in [-0.25, -0.2) is 4.79 Å². The number of ether oxygens (including phenoxy) is 1. The molecule has 1 N–H and O–H groups in total. The van der Waals surface area contributed by atoms with Gasteiger partial charge in [0.2, 0.25) is 0 Å². The average Bonchev–Trinajstić information content (AvgIpc) is 2.54. The van der Waals surface area contributed by atoms with Crippen LogP contribution in [0.1, 0.15) is 32.4 Å². The van der Waals surface area contributed by atoms with Gasteiger partial charge in [0.05, 0.1) is 22.6 Å². The number of alkyl carbamates (subject to hydrolysis) is 1. The molecule has 0 saturated carbocycles. The number of carbonyl (C=O) groups excluding carboxylic acids is 1. The highest BCUT2D eigenvalue weighted by Gasteiger charge is 2.22. The molecule has 1 unspecified atom stereocenters. The van der Waals surface area contributed by atoms with E-state index >= 15 is 0 Å². The van der Waals surface area contributed by atoms with Gasteiger partial charge in [-0.1, -0.05) is 48.5 Å². The van der Waals surface area contributed by atoms with Crippen LogP contribution in [0.3, 0.4) is 0 Å². The summed E-state index contributed by atoms with van der Waals surface area (Å²) in [5, 5.41) is 2.84. The zero-order chi connectivity index (χ0) is 17.6. The number of hydrogen-bond donors (Lipinski definition) is 1. The van der Waals surface area contributed by atoms with Crippen molar-refractivity contribution in [3.8, 4) is 0 Å². The summed E-state index contributed by atoms with van der Waals surface area (Å²) in [5.74, 6) is 0.285. The molecule has 0 radical (unpaired) electrons. The quantitative estimate of drug-likeness (QED) is 0.889. The molecule has 0 aliphatic heterocycles. The summed E-state index contributed by atoms with van der Waals surface area (Å²) in [6.45, 7) is 5.44. The Kier molecular flexibility index (Phi) is 6.15. The van der Waals surface area contributed by atoms with E-state index in [-0.39, 0.29) is 11.8 Å². The van der Waals surface area contributed by atoms with Gasteiger partial charge in [-0.2, -0.15) is 0 Å². The maximum Gasteiger partial charge on any atom is 0.408 e. The van der Waals surface area contributed by atoms with Crippen LogP contribution in [0.25, 0.3) is 0 Å². The molecule has 2 rings (SSSR count). The second-order valence-electron chi connectivity index (χ2n) is 6.43. The molecule has 5 heteroatoms. The highest BCUT2D eigenvalue weighted by Crippen LogP contribution is 2.18. The first-order valence-electron chi connectivity index (χ1n) is 7.83. The predicted octanol–water partition coefficient (Wildman–Crippen LogP) is 4.06. The van der Waals surface area contributed by atoms with E-state index in [9.17, 15) is 9.00 Å². The molecule has 0 bridgehead atoms. The van der Waals surface area contributed by atoms with Gasteiger partial charge >= 0.3 is 6.09 Å². The topological polar surface area (TPSA) is 55.4 Å². The number of benzene rings is 2. The van der Waals surface area contributed by atoms with Crippen molar-refractivity contribution < 1.29 is 13.7 Å². The zero-order valence-electron chi connectivity index (χ0n) is 14.2. The van der Waals surface area contributed by atoms with Crippen LogP contribution in [-0.4, -0.2) is 21.7 Å². The minimum atomic E-state index is -1.22. The third-order valence-corrected chi connectivity index (χ3v) is 4.65. The lowest BCUT2D eigenvalue weighted by atomic mass is 10.1. The summed E-state index contributed by atoms with van der Waals surface area (Å²) in [5.41, 5.74) is 0.317. The van der Waals surface area contributed by atoms with Gasteiger partial charge in [-0.15, -0.1) is 0 Å². The minimum absolute atomic E-state index is 0.285. The van der Waals surface area contributed by atoms with E-state index in [0.29, 0.717) is 0 Å². The van der Waals surface area contributed by atoms with Gasteiger partial charge in [-0.3, -0.25) is 4.21 Å². The molecule has 0 aliphatic rings. The fourth-order valence-corrected chi connectivity index (χ4v) is 3.41. The number of nitrogens with one attached hydrogen (secondary N) is 1. The summed E-state index contributed by atoms with van der Waals surface area (Å²) in [7, 11) is -1.22. The van der Waals surface area contributed by atoms with Crippen LogP contribution in [-0.2, 0) is 15.5 Å². The first kappa shape index (κ1) is 18.2. The first-order valence-corrected chi connectivity index (χ1v) is 9.15. The van der Waals surface area contributed by atoms with Gasteiger partial charge in [0.15, 0.2) is 0 Å². The van der Waals surface area contributed by atoms with Crippen LogP contribution in [0, 0.1) is 0 Å². The van der Waals surface area contributed by atoms with Crippen molar-refractivity contribution in [2.75, 3.05) is 5.75 Å². The molecule has 0 aromatic heterocycles. The minimum Gasteiger partial charge on any atom is -0.444 e. The largest absolute Gasteiger partial charge is 0.444 e. The molecule has 4 nitrogen and oxygen atoms in total. The lowest BCUT2D eigenvalue weighted by Crippen LogP contribution is -2.36. The van der Waals surface area contributed by atoms with E-state index in [1.807, 2.05) is 81.4 Å². The molecule has 2 aromatic rings. The van der Waals surface area contributed by atoms with Crippen molar-refractivity contribution in [3.63, 3.8) is 0 Å². The summed E-state index contributed by atoms with van der Waals surface area (Å²) in [6.07, 6.45) is -0.513. The monoisotopic (exact) mass is 345 g/mol. The number of amides is 1. The van der Waals surface area contributed by atoms with Crippen LogP contribution >= 0.6 is 0 Å². The van der Waals surface area contributed by atoms with Crippen LogP contribution < -0.4 is 5.32 Å². The van der Waals surface area contributed by atoms with Crippen molar-refractivity contribution in [1.29, 1.82) is 0 Å². The lowest BCUT2D eigenvalue weighted by molar-refractivity contribution is 0.0509. The molecule has 2 aromatic carbocycles. The van der Waals surface area contributed by atoms with E-state index < -0.39 is 22.5 Å². The molecule has 0 saturated heterocycles. The highest BCUT2D eigenvalue weighted by molar-refractivity contribution is 7.85. The molecule has 128 valence electrons. The Morgan fingerprint density at radius 3 is 2.12 bits per heavy atom. The molecule has 0 heterocycles. The van der Waals surface area contributed by atoms with E-state index in [1.54, 1.807) is 0 Å². The van der Waals surface area contributed by atoms with Gasteiger partial charge < -0.3 is 10.1 Å². The Morgan fingerprint density at radius 1 is 1.04 bits per heavy atom. The first-order chi connectivity index (χ1) is 11.3. The normalized spacial score (nSPS) is 13.8. The Hall–Kier alpha value is -2.14. The fourth-order valence-electron chi connectivity index (χ4n) is 2.18. The average molecular weight is 345 g/mol. The molecule has 1 amide bonds. The third kappa shape index (κ3) is 5.81. The summed E-state index contributed by atoms with van der Waals surface area (Å²) < 4.78 is 17.9. The Balaban J connectivity index is 2.15. The number of hydrogen-bond acceptors (Lipinski definition) is 3. The van der Waals surface area contributed by atoms with Gasteiger partial charge in [0.25, 0.3) is 0 Å². The lowest BCUT2D eigenvalue weighted by Gasteiger charge is -2.23. The Morgan fingerprint density at radius 2 is 1.58 bits per heavy atom. The molecule has 2 atom stereocenters. The van der Waals surface area contributed by atoms with Crippen molar-refractivity contribution in [1.82, 2.24) is 5.32 Å². The standard InChI is InChI=1S/C19H23NO3S/c1-19(2,3)23-18(21)20-17(15-10-6-4-7-11-15)14-24(22)16-12-8-5-9-13-16/h4-13,17H,14H2,1-3H3,(H,20,21)/t17-,24?/m1/s1. The predicted molar refractivity (Wildman–Crippen MR) is 96.3 cm³/mol. The fraction of sp³-hybridized carbons (Fsp3) is 0.316. The molecule has 0 fully saturated rings. The summed E-state index contributed by atoms with van der Waals surface area (Å²) in [4.78, 5) is 12.9. The SMILES string of the molecule is CC(C)(C)OC(=O)N[C@H](CS(=O)c1ccccc1)c1ccccc1. The van der Waals surface area contributed by atoms with Crippen LogP contribution in [0.2, 0.25) is 0 Å². The van der Waals surface area contributed by atoms with Gasteiger partial charge in [0.1, 0.15) is 5.60 Å². The van der Waals surface area contributed by atoms with Crippen LogP contribution in [0.4, 0.5) is 4.79 Å². The molecule has 24 heavy (non-hydrogen) atoms. The van der Waals surface area contributed by atoms with Crippen molar-refractivity contribution >= 4 is 16.9 Å². The maximum absolute atomic E-state index is 12.6. The Bertz CT molecular complexity index is 681. The van der Waals surface area contributed by atoms with E-state index in [0.717, 1.165) is 10.5 Å². The number of carbonyl (C=O) groups is 1. The van der Waals surface area contributed by atoms with Crippen molar-refractivity contribution in [2.24, 2.45) is 0 Å². The second-order valence-corrected chi connectivity index (χ2v) is 7.93. The van der Waals surface area contributed by atoms with Crippen molar-refractivity contribution in [2.45, 2.75) is 37.3 Å². The molecule has 0 spiro atoms. The second kappa shape index (κ2) is 8.11. The Labute approximate surface area is 145 Å². The third-order valence-electron chi connectivity index (χ3n) is 3.22. The number of rotatable bonds is 5. The smallest absolute Gasteiger partial charge is 0.408 e. The van der Waals surface area contributed by atoms with Crippen LogP contribution in [0.5, 0.6) is 0 Å². The van der Waals surface area contributed by atoms with E-state index in [2.05, 4.69) is 5.32 Å². The summed E-state index contributed by atoms with van der Waals surface area (Å²) >= 11 is 0.